The summed E-state index contributed by atoms with van der Waals surface area (Å²) in [5.74, 6) is 0.352. The highest BCUT2D eigenvalue weighted by Gasteiger charge is 2.32. The van der Waals surface area contributed by atoms with Gasteiger partial charge in [0.15, 0.2) is 0 Å². The highest BCUT2D eigenvalue weighted by atomic mass is 32.2. The standard InChI is InChI=1S/C15H22N2O2S/c1-12-10-13-6-2-5-9-15(13)17(11-12)20(18,19)16-14-7-3-4-8-14/h2,5-6,9,12,14,16H,3-4,7-8,10-11H2,1H3. The quantitative estimate of drug-likeness (QED) is 0.931. The number of para-hydroxylation sites is 1. The van der Waals surface area contributed by atoms with Gasteiger partial charge in [0, 0.05) is 12.6 Å². The molecule has 5 heteroatoms. The fourth-order valence-electron chi connectivity index (χ4n) is 3.29. The Morgan fingerprint density at radius 1 is 1.20 bits per heavy atom. The van der Waals surface area contributed by atoms with Crippen molar-refractivity contribution in [2.45, 2.75) is 45.1 Å². The van der Waals surface area contributed by atoms with Gasteiger partial charge < -0.3 is 0 Å². The van der Waals surface area contributed by atoms with Gasteiger partial charge in [-0.25, -0.2) is 0 Å². The highest BCUT2D eigenvalue weighted by molar-refractivity contribution is 7.90. The summed E-state index contributed by atoms with van der Waals surface area (Å²) in [7, 11) is -3.43. The lowest BCUT2D eigenvalue weighted by molar-refractivity contribution is 0.522. The van der Waals surface area contributed by atoms with Crippen molar-refractivity contribution in [3.8, 4) is 0 Å². The molecule has 0 radical (unpaired) electrons. The second kappa shape index (κ2) is 5.37. The monoisotopic (exact) mass is 294 g/mol. The van der Waals surface area contributed by atoms with Gasteiger partial charge in [0.1, 0.15) is 0 Å². The number of rotatable bonds is 3. The maximum Gasteiger partial charge on any atom is 0.301 e. The maximum absolute atomic E-state index is 12.7. The second-order valence-corrected chi connectivity index (χ2v) is 7.70. The SMILES string of the molecule is CC1Cc2ccccc2N(S(=O)(=O)NC2CCCC2)C1. The Morgan fingerprint density at radius 3 is 2.65 bits per heavy atom. The molecule has 0 aromatic heterocycles. The molecule has 1 fully saturated rings. The third kappa shape index (κ3) is 2.69. The molecule has 0 spiro atoms. The minimum atomic E-state index is -3.43. The van der Waals surface area contributed by atoms with Crippen LogP contribution in [0, 0.1) is 5.92 Å². The van der Waals surface area contributed by atoms with Crippen LogP contribution < -0.4 is 9.03 Å². The minimum absolute atomic E-state index is 0.115. The summed E-state index contributed by atoms with van der Waals surface area (Å²) in [5, 5.41) is 0. The van der Waals surface area contributed by atoms with E-state index >= 15 is 0 Å². The first-order valence-electron chi connectivity index (χ1n) is 7.44. The number of anilines is 1. The van der Waals surface area contributed by atoms with E-state index in [2.05, 4.69) is 11.6 Å². The molecule has 1 aromatic rings. The van der Waals surface area contributed by atoms with Crippen molar-refractivity contribution in [3.05, 3.63) is 29.8 Å². The van der Waals surface area contributed by atoms with E-state index in [1.54, 1.807) is 4.31 Å². The molecule has 2 aliphatic rings. The van der Waals surface area contributed by atoms with E-state index in [0.717, 1.165) is 43.4 Å². The summed E-state index contributed by atoms with van der Waals surface area (Å²) >= 11 is 0. The third-order valence-corrected chi connectivity index (χ3v) is 5.82. The summed E-state index contributed by atoms with van der Waals surface area (Å²) in [6.45, 7) is 2.67. The Kier molecular flexibility index (Phi) is 3.73. The fraction of sp³-hybridized carbons (Fsp3) is 0.600. The van der Waals surface area contributed by atoms with Crippen LogP contribution in [0.25, 0.3) is 0 Å². The summed E-state index contributed by atoms with van der Waals surface area (Å²) in [6.07, 6.45) is 5.13. The van der Waals surface area contributed by atoms with Gasteiger partial charge in [-0.2, -0.15) is 13.1 Å². The van der Waals surface area contributed by atoms with Crippen molar-refractivity contribution in [1.29, 1.82) is 0 Å². The van der Waals surface area contributed by atoms with E-state index in [9.17, 15) is 8.42 Å². The van der Waals surface area contributed by atoms with E-state index in [1.807, 2.05) is 24.3 Å². The maximum atomic E-state index is 12.7. The molecule has 4 nitrogen and oxygen atoms in total. The zero-order chi connectivity index (χ0) is 14.2. The van der Waals surface area contributed by atoms with Gasteiger partial charge in [0.25, 0.3) is 0 Å². The molecule has 1 aliphatic carbocycles. The highest BCUT2D eigenvalue weighted by Crippen LogP contribution is 2.31. The van der Waals surface area contributed by atoms with E-state index in [0.29, 0.717) is 12.5 Å². The van der Waals surface area contributed by atoms with Crippen LogP contribution in [0.15, 0.2) is 24.3 Å². The zero-order valence-electron chi connectivity index (χ0n) is 11.9. The summed E-state index contributed by atoms with van der Waals surface area (Å²) in [5.41, 5.74) is 1.97. The molecule has 1 aromatic carbocycles. The van der Waals surface area contributed by atoms with Gasteiger partial charge in [0.05, 0.1) is 5.69 Å². The molecule has 20 heavy (non-hydrogen) atoms. The molecule has 0 bridgehead atoms. The van der Waals surface area contributed by atoms with E-state index in [1.165, 1.54) is 0 Å². The van der Waals surface area contributed by atoms with E-state index < -0.39 is 10.2 Å². The smallest absolute Gasteiger partial charge is 0.257 e. The van der Waals surface area contributed by atoms with Crippen LogP contribution >= 0.6 is 0 Å². The van der Waals surface area contributed by atoms with E-state index in [-0.39, 0.29) is 6.04 Å². The van der Waals surface area contributed by atoms with Crippen LogP contribution in [0.4, 0.5) is 5.69 Å². The summed E-state index contributed by atoms with van der Waals surface area (Å²) in [6, 6.07) is 7.95. The minimum Gasteiger partial charge on any atom is -0.257 e. The first-order chi connectivity index (χ1) is 9.56. The van der Waals surface area contributed by atoms with Gasteiger partial charge in [-0.05, 0) is 36.8 Å². The number of fused-ring (bicyclic) bond motifs is 1. The molecular formula is C15H22N2O2S. The molecule has 1 aliphatic heterocycles. The molecule has 1 N–H and O–H groups in total. The number of nitrogens with zero attached hydrogens (tertiary/aromatic N) is 1. The van der Waals surface area contributed by atoms with Gasteiger partial charge in [-0.3, -0.25) is 4.31 Å². The largest absolute Gasteiger partial charge is 0.301 e. The zero-order valence-corrected chi connectivity index (χ0v) is 12.7. The van der Waals surface area contributed by atoms with Crippen molar-refractivity contribution in [2.24, 2.45) is 5.92 Å². The molecule has 1 saturated carbocycles. The van der Waals surface area contributed by atoms with Crippen LogP contribution in [0.2, 0.25) is 0 Å². The lowest BCUT2D eigenvalue weighted by Gasteiger charge is -2.34. The van der Waals surface area contributed by atoms with Crippen LogP contribution in [-0.2, 0) is 16.6 Å². The van der Waals surface area contributed by atoms with Crippen molar-refractivity contribution in [2.75, 3.05) is 10.8 Å². The predicted octanol–water partition coefficient (Wildman–Crippen LogP) is 2.46. The predicted molar refractivity (Wildman–Crippen MR) is 81.0 cm³/mol. The van der Waals surface area contributed by atoms with Gasteiger partial charge in [-0.1, -0.05) is 38.0 Å². The Balaban J connectivity index is 1.88. The lowest BCUT2D eigenvalue weighted by atomic mass is 9.96. The molecular weight excluding hydrogens is 272 g/mol. The number of hydrogen-bond donors (Lipinski definition) is 1. The Hall–Kier alpha value is -1.07. The average Bonchev–Trinajstić information content (AvgIpc) is 2.89. The van der Waals surface area contributed by atoms with Crippen molar-refractivity contribution in [1.82, 2.24) is 4.72 Å². The molecule has 3 rings (SSSR count). The van der Waals surface area contributed by atoms with Crippen LogP contribution in [0.1, 0.15) is 38.2 Å². The normalized spacial score (nSPS) is 23.9. The molecule has 1 atom stereocenters. The average molecular weight is 294 g/mol. The number of hydrogen-bond acceptors (Lipinski definition) is 2. The van der Waals surface area contributed by atoms with Crippen molar-refractivity contribution in [3.63, 3.8) is 0 Å². The molecule has 110 valence electrons. The number of nitrogens with one attached hydrogen (secondary N) is 1. The Morgan fingerprint density at radius 2 is 1.90 bits per heavy atom. The topological polar surface area (TPSA) is 49.4 Å². The third-order valence-electron chi connectivity index (χ3n) is 4.27. The van der Waals surface area contributed by atoms with Gasteiger partial charge in [-0.15, -0.1) is 0 Å². The first-order valence-corrected chi connectivity index (χ1v) is 8.88. The summed E-state index contributed by atoms with van der Waals surface area (Å²) < 4.78 is 29.8. The van der Waals surface area contributed by atoms with Crippen molar-refractivity contribution >= 4 is 15.9 Å². The van der Waals surface area contributed by atoms with Crippen molar-refractivity contribution < 1.29 is 8.42 Å². The molecule has 0 amide bonds. The van der Waals surface area contributed by atoms with Crippen LogP contribution in [0.5, 0.6) is 0 Å². The second-order valence-electron chi connectivity index (χ2n) is 6.07. The summed E-state index contributed by atoms with van der Waals surface area (Å²) in [4.78, 5) is 0. The Bertz CT molecular complexity index is 579. The van der Waals surface area contributed by atoms with E-state index in [4.69, 9.17) is 0 Å². The lowest BCUT2D eigenvalue weighted by Crippen LogP contribution is -2.48. The first kappa shape index (κ1) is 13.9. The van der Waals surface area contributed by atoms with Gasteiger partial charge in [0.2, 0.25) is 0 Å². The number of benzene rings is 1. The molecule has 1 heterocycles. The van der Waals surface area contributed by atoms with Gasteiger partial charge >= 0.3 is 10.2 Å². The Labute approximate surface area is 121 Å². The molecule has 1 unspecified atom stereocenters. The fourth-order valence-corrected chi connectivity index (χ4v) is 4.97. The molecule has 0 saturated heterocycles. The van der Waals surface area contributed by atoms with Crippen LogP contribution in [-0.4, -0.2) is 21.0 Å². The van der Waals surface area contributed by atoms with Crippen LogP contribution in [0.3, 0.4) is 0 Å².